The van der Waals surface area contributed by atoms with Gasteiger partial charge in [-0.05, 0) is 26.2 Å². The van der Waals surface area contributed by atoms with E-state index in [2.05, 4.69) is 4.90 Å². The summed E-state index contributed by atoms with van der Waals surface area (Å²) in [6.07, 6.45) is 0. The number of benzene rings is 1. The second kappa shape index (κ2) is 34.1. The Balaban J connectivity index is 1.65. The summed E-state index contributed by atoms with van der Waals surface area (Å²) in [5, 5.41) is 0. The lowest BCUT2D eigenvalue weighted by Crippen LogP contribution is -2.19. The molecule has 0 saturated carbocycles. The highest BCUT2D eigenvalue weighted by molar-refractivity contribution is 7.86. The van der Waals surface area contributed by atoms with Crippen LogP contribution in [0.5, 0.6) is 0 Å². The van der Waals surface area contributed by atoms with Crippen LogP contribution in [0.2, 0.25) is 0 Å². The number of nitrogens with zero attached hydrogens (tertiary/aromatic N) is 1. The largest absolute Gasteiger partial charge is 0.378 e. The zero-order valence-electron chi connectivity index (χ0n) is 28.9. The number of hydrogen-bond donors (Lipinski definition) is 0. The van der Waals surface area contributed by atoms with Crippen LogP contribution < -0.4 is 0 Å². The van der Waals surface area contributed by atoms with Crippen LogP contribution >= 0.6 is 0 Å². The summed E-state index contributed by atoms with van der Waals surface area (Å²) in [5.41, 5.74) is 0. The monoisotopic (exact) mass is 713 g/mol. The Morgan fingerprint density at radius 2 is 0.646 bits per heavy atom. The fourth-order valence-corrected chi connectivity index (χ4v) is 4.32. The molecular formula is C32H59NO14S. The van der Waals surface area contributed by atoms with Crippen molar-refractivity contribution < 1.29 is 64.7 Å². The first-order valence-corrected chi connectivity index (χ1v) is 17.9. The predicted octanol–water partition coefficient (Wildman–Crippen LogP) is 1.14. The van der Waals surface area contributed by atoms with Gasteiger partial charge in [-0.1, -0.05) is 18.2 Å². The first kappa shape index (κ1) is 44.7. The van der Waals surface area contributed by atoms with Crippen molar-refractivity contribution in [2.24, 2.45) is 0 Å². The molecule has 0 amide bonds. The summed E-state index contributed by atoms with van der Waals surface area (Å²) in [4.78, 5) is 2.20. The summed E-state index contributed by atoms with van der Waals surface area (Å²) in [7, 11) is 0.273. The highest BCUT2D eigenvalue weighted by Crippen LogP contribution is 2.10. The highest BCUT2D eigenvalue weighted by atomic mass is 32.2. The molecule has 0 atom stereocenters. The van der Waals surface area contributed by atoms with Gasteiger partial charge in [0.2, 0.25) is 0 Å². The van der Waals surface area contributed by atoms with Crippen molar-refractivity contribution in [3.63, 3.8) is 0 Å². The van der Waals surface area contributed by atoms with E-state index in [0.29, 0.717) is 139 Å². The van der Waals surface area contributed by atoms with Crippen LogP contribution in [0.15, 0.2) is 35.2 Å². The molecule has 0 aliphatic heterocycles. The van der Waals surface area contributed by atoms with E-state index in [1.807, 2.05) is 14.1 Å². The number of likely N-dealkylation sites (N-methyl/N-ethyl adjacent to an activating group) is 1. The second-order valence-electron chi connectivity index (χ2n) is 10.1. The van der Waals surface area contributed by atoms with Gasteiger partial charge in [-0.2, -0.15) is 8.42 Å². The SMILES string of the molecule is CN(C)CCOCCOCCOCCOCCOCCOCCOCCOCCOCCOCCOCCOS(=O)(=O)c1ccccc1. The van der Waals surface area contributed by atoms with Gasteiger partial charge in [0, 0.05) is 6.54 Å². The maximum Gasteiger partial charge on any atom is 0.297 e. The molecule has 15 nitrogen and oxygen atoms in total. The average Bonchev–Trinajstić information content (AvgIpc) is 3.08. The molecule has 1 aromatic carbocycles. The van der Waals surface area contributed by atoms with Crippen LogP contribution in [-0.2, 0) is 66.4 Å². The summed E-state index contributed by atoms with van der Waals surface area (Å²) >= 11 is 0. The van der Waals surface area contributed by atoms with Crippen LogP contribution in [0.1, 0.15) is 0 Å². The molecule has 0 radical (unpaired) electrons. The zero-order chi connectivity index (χ0) is 34.6. The van der Waals surface area contributed by atoms with Crippen LogP contribution in [0.4, 0.5) is 0 Å². The van der Waals surface area contributed by atoms with Gasteiger partial charge in [0.15, 0.2) is 0 Å². The molecule has 0 aliphatic carbocycles. The molecule has 0 spiro atoms. The van der Waals surface area contributed by atoms with E-state index < -0.39 is 10.1 Å². The van der Waals surface area contributed by atoms with Gasteiger partial charge in [0.25, 0.3) is 10.1 Å². The third kappa shape index (κ3) is 30.7. The molecule has 0 heterocycles. The van der Waals surface area contributed by atoms with Crippen LogP contribution in [-0.4, -0.2) is 186 Å². The Hall–Kier alpha value is -1.35. The van der Waals surface area contributed by atoms with Crippen molar-refractivity contribution >= 4 is 10.1 Å². The minimum absolute atomic E-state index is 0.0584. The normalized spacial score (nSPS) is 12.0. The maximum atomic E-state index is 12.0. The topological polar surface area (TPSA) is 148 Å². The van der Waals surface area contributed by atoms with E-state index >= 15 is 0 Å². The van der Waals surface area contributed by atoms with Crippen molar-refractivity contribution in [1.29, 1.82) is 0 Å². The minimum atomic E-state index is -3.76. The predicted molar refractivity (Wildman–Crippen MR) is 177 cm³/mol. The summed E-state index contributed by atoms with van der Waals surface area (Å²) < 4.78 is 88.7. The van der Waals surface area contributed by atoms with E-state index in [1.165, 1.54) is 12.1 Å². The third-order valence-electron chi connectivity index (χ3n) is 5.90. The second-order valence-corrected chi connectivity index (χ2v) is 11.7. The Bertz CT molecular complexity index is 898. The quantitative estimate of drug-likeness (QED) is 0.0712. The van der Waals surface area contributed by atoms with Crippen molar-refractivity contribution in [2.75, 3.05) is 173 Å². The lowest BCUT2D eigenvalue weighted by atomic mass is 10.4. The summed E-state index contributed by atoms with van der Waals surface area (Å²) in [5.74, 6) is 0. The van der Waals surface area contributed by atoms with Crippen molar-refractivity contribution in [2.45, 2.75) is 4.90 Å². The maximum absolute atomic E-state index is 12.0. The molecule has 0 saturated heterocycles. The van der Waals surface area contributed by atoms with Crippen molar-refractivity contribution in [1.82, 2.24) is 4.90 Å². The molecule has 1 aromatic rings. The van der Waals surface area contributed by atoms with Crippen molar-refractivity contribution in [3.8, 4) is 0 Å². The smallest absolute Gasteiger partial charge is 0.297 e. The molecular weight excluding hydrogens is 654 g/mol. The van der Waals surface area contributed by atoms with Gasteiger partial charge >= 0.3 is 0 Å². The third-order valence-corrected chi connectivity index (χ3v) is 7.23. The fourth-order valence-electron chi connectivity index (χ4n) is 3.41. The molecule has 0 unspecified atom stereocenters. The van der Waals surface area contributed by atoms with Crippen LogP contribution in [0.25, 0.3) is 0 Å². The first-order valence-electron chi connectivity index (χ1n) is 16.5. The van der Waals surface area contributed by atoms with Gasteiger partial charge < -0.3 is 57.0 Å². The Kier molecular flexibility index (Phi) is 31.7. The molecule has 0 N–H and O–H groups in total. The number of hydrogen-bond acceptors (Lipinski definition) is 15. The van der Waals surface area contributed by atoms with Gasteiger partial charge in [0.05, 0.1) is 157 Å². The van der Waals surface area contributed by atoms with E-state index in [9.17, 15) is 8.42 Å². The summed E-state index contributed by atoms with van der Waals surface area (Å²) in [6.45, 7) is 11.4. The van der Waals surface area contributed by atoms with Crippen LogP contribution in [0, 0.1) is 0 Å². The lowest BCUT2D eigenvalue weighted by Gasteiger charge is -2.10. The molecule has 48 heavy (non-hydrogen) atoms. The fraction of sp³-hybridized carbons (Fsp3) is 0.812. The molecule has 0 aromatic heterocycles. The van der Waals surface area contributed by atoms with Gasteiger partial charge in [-0.3, -0.25) is 4.18 Å². The van der Waals surface area contributed by atoms with E-state index in [-0.39, 0.29) is 18.1 Å². The van der Waals surface area contributed by atoms with Gasteiger partial charge in [-0.25, -0.2) is 0 Å². The van der Waals surface area contributed by atoms with Gasteiger partial charge in [0.1, 0.15) is 0 Å². The number of rotatable bonds is 38. The van der Waals surface area contributed by atoms with E-state index in [4.69, 9.17) is 56.3 Å². The minimum Gasteiger partial charge on any atom is -0.378 e. The molecule has 0 bridgehead atoms. The number of ether oxygens (including phenoxy) is 11. The first-order chi connectivity index (χ1) is 23.5. The Morgan fingerprint density at radius 1 is 0.396 bits per heavy atom. The van der Waals surface area contributed by atoms with Crippen molar-refractivity contribution in [3.05, 3.63) is 30.3 Å². The van der Waals surface area contributed by atoms with E-state index in [0.717, 1.165) is 6.54 Å². The Morgan fingerprint density at radius 3 is 0.917 bits per heavy atom. The average molecular weight is 714 g/mol. The standard InChI is InChI=1S/C32H59NO14S/c1-33(2)8-9-36-10-11-37-12-13-38-14-15-39-16-17-40-18-19-41-20-21-42-22-23-43-24-25-44-26-27-45-28-29-46-30-31-47-48(34,35)32-6-4-3-5-7-32/h3-7H,8-31H2,1-2H3. The molecule has 0 fully saturated rings. The van der Waals surface area contributed by atoms with Crippen LogP contribution in [0.3, 0.4) is 0 Å². The zero-order valence-corrected chi connectivity index (χ0v) is 29.7. The molecule has 16 heteroatoms. The highest BCUT2D eigenvalue weighted by Gasteiger charge is 2.13. The van der Waals surface area contributed by atoms with E-state index in [1.54, 1.807) is 18.2 Å². The lowest BCUT2D eigenvalue weighted by molar-refractivity contribution is -0.0278. The molecule has 1 rings (SSSR count). The summed E-state index contributed by atoms with van der Waals surface area (Å²) in [6, 6.07) is 7.98. The molecule has 0 aliphatic rings. The van der Waals surface area contributed by atoms with Gasteiger partial charge in [-0.15, -0.1) is 0 Å². The molecule has 282 valence electrons. The Labute approximate surface area is 287 Å².